The van der Waals surface area contributed by atoms with Crippen LogP contribution >= 0.6 is 0 Å². The second-order valence-electron chi connectivity index (χ2n) is 4.67. The summed E-state index contributed by atoms with van der Waals surface area (Å²) >= 11 is 0. The fraction of sp³-hybridized carbons (Fsp3) is 0.500. The first-order valence-electron chi connectivity index (χ1n) is 6.35. The molecule has 1 aliphatic rings. The number of amides is 1. The number of benzene rings is 1. The van der Waals surface area contributed by atoms with E-state index < -0.39 is 0 Å². The molecule has 1 amide bonds. The summed E-state index contributed by atoms with van der Waals surface area (Å²) in [6.45, 7) is 2.86. The highest BCUT2D eigenvalue weighted by Crippen LogP contribution is 2.06. The van der Waals surface area contributed by atoms with E-state index in [-0.39, 0.29) is 11.9 Å². The highest BCUT2D eigenvalue weighted by Gasteiger charge is 2.19. The van der Waals surface area contributed by atoms with Gasteiger partial charge in [0.05, 0.1) is 13.2 Å². The summed E-state index contributed by atoms with van der Waals surface area (Å²) in [7, 11) is 1.85. The number of morpholine rings is 1. The Kier molecular flexibility index (Phi) is 4.73. The van der Waals surface area contributed by atoms with Gasteiger partial charge in [0, 0.05) is 32.6 Å². The molecule has 0 spiro atoms. The third-order valence-electron chi connectivity index (χ3n) is 3.11. The Hall–Kier alpha value is -1.39. The van der Waals surface area contributed by atoms with E-state index in [0.29, 0.717) is 19.6 Å². The van der Waals surface area contributed by atoms with Gasteiger partial charge in [0.15, 0.2) is 0 Å². The molecule has 4 heteroatoms. The largest absolute Gasteiger partial charge is 0.378 e. The molecule has 1 saturated heterocycles. The predicted molar refractivity (Wildman–Crippen MR) is 70.1 cm³/mol. The van der Waals surface area contributed by atoms with Crippen molar-refractivity contribution in [1.29, 1.82) is 0 Å². The van der Waals surface area contributed by atoms with Gasteiger partial charge in [0.1, 0.15) is 0 Å². The lowest BCUT2D eigenvalue weighted by Gasteiger charge is -2.25. The minimum absolute atomic E-state index is 0.154. The maximum atomic E-state index is 12.0. The monoisotopic (exact) mass is 248 g/mol. The fourth-order valence-corrected chi connectivity index (χ4v) is 2.06. The van der Waals surface area contributed by atoms with Gasteiger partial charge in [-0.15, -0.1) is 0 Å². The van der Waals surface area contributed by atoms with Gasteiger partial charge < -0.3 is 15.0 Å². The molecule has 98 valence electrons. The molecule has 1 atom stereocenters. The summed E-state index contributed by atoms with van der Waals surface area (Å²) in [6.07, 6.45) is 0.503. The first kappa shape index (κ1) is 13.1. The van der Waals surface area contributed by atoms with Crippen LogP contribution in [0, 0.1) is 0 Å². The molecule has 0 bridgehead atoms. The molecule has 1 aliphatic heterocycles. The molecule has 1 fully saturated rings. The van der Waals surface area contributed by atoms with Crippen LogP contribution in [0.15, 0.2) is 30.3 Å². The summed E-state index contributed by atoms with van der Waals surface area (Å²) in [5, 5.41) is 3.30. The zero-order valence-electron chi connectivity index (χ0n) is 10.8. The summed E-state index contributed by atoms with van der Waals surface area (Å²) < 4.78 is 5.35. The van der Waals surface area contributed by atoms with Crippen molar-refractivity contribution in [3.63, 3.8) is 0 Å². The van der Waals surface area contributed by atoms with Crippen molar-refractivity contribution in [3.05, 3.63) is 35.9 Å². The minimum atomic E-state index is 0.154. The van der Waals surface area contributed by atoms with Crippen molar-refractivity contribution in [2.45, 2.75) is 19.0 Å². The molecular weight excluding hydrogens is 228 g/mol. The Morgan fingerprint density at radius 2 is 2.22 bits per heavy atom. The van der Waals surface area contributed by atoms with E-state index in [9.17, 15) is 4.79 Å². The van der Waals surface area contributed by atoms with Gasteiger partial charge >= 0.3 is 0 Å². The smallest absolute Gasteiger partial charge is 0.224 e. The zero-order valence-corrected chi connectivity index (χ0v) is 10.8. The SMILES string of the molecule is CN(Cc1ccccc1)C(=O)CC1COCCN1. The van der Waals surface area contributed by atoms with Crippen LogP contribution < -0.4 is 5.32 Å². The van der Waals surface area contributed by atoms with E-state index in [4.69, 9.17) is 4.74 Å². The second-order valence-corrected chi connectivity index (χ2v) is 4.67. The van der Waals surface area contributed by atoms with Crippen LogP contribution in [0.5, 0.6) is 0 Å². The van der Waals surface area contributed by atoms with E-state index in [0.717, 1.165) is 18.7 Å². The molecule has 0 radical (unpaired) electrons. The molecular formula is C14H20N2O2. The number of carbonyl (C=O) groups is 1. The summed E-state index contributed by atoms with van der Waals surface area (Å²) in [4.78, 5) is 13.8. The first-order chi connectivity index (χ1) is 8.75. The molecule has 0 aromatic heterocycles. The maximum absolute atomic E-state index is 12.0. The molecule has 2 rings (SSSR count). The summed E-state index contributed by atoms with van der Waals surface area (Å²) in [5.74, 6) is 0.154. The Morgan fingerprint density at radius 1 is 1.44 bits per heavy atom. The molecule has 4 nitrogen and oxygen atoms in total. The number of carbonyl (C=O) groups excluding carboxylic acids is 1. The lowest BCUT2D eigenvalue weighted by Crippen LogP contribution is -2.44. The van der Waals surface area contributed by atoms with E-state index in [1.807, 2.05) is 37.4 Å². The molecule has 1 unspecified atom stereocenters. The van der Waals surface area contributed by atoms with E-state index in [2.05, 4.69) is 5.32 Å². The molecule has 1 aromatic rings. The normalized spacial score (nSPS) is 19.5. The first-order valence-corrected chi connectivity index (χ1v) is 6.35. The van der Waals surface area contributed by atoms with Gasteiger partial charge in [-0.1, -0.05) is 30.3 Å². The molecule has 1 N–H and O–H groups in total. The van der Waals surface area contributed by atoms with Crippen LogP contribution in [0.25, 0.3) is 0 Å². The number of ether oxygens (including phenoxy) is 1. The average Bonchev–Trinajstić information content (AvgIpc) is 2.41. The van der Waals surface area contributed by atoms with Crippen LogP contribution in [-0.4, -0.2) is 43.7 Å². The zero-order chi connectivity index (χ0) is 12.8. The quantitative estimate of drug-likeness (QED) is 0.865. The molecule has 18 heavy (non-hydrogen) atoms. The Morgan fingerprint density at radius 3 is 2.89 bits per heavy atom. The average molecular weight is 248 g/mol. The highest BCUT2D eigenvalue weighted by atomic mass is 16.5. The summed E-state index contributed by atoms with van der Waals surface area (Å²) in [6, 6.07) is 10.2. The number of hydrogen-bond acceptors (Lipinski definition) is 3. The molecule has 0 aliphatic carbocycles. The van der Waals surface area contributed by atoms with Crippen LogP contribution in [0.3, 0.4) is 0 Å². The standard InChI is InChI=1S/C14H20N2O2/c1-16(10-12-5-3-2-4-6-12)14(17)9-13-11-18-8-7-15-13/h2-6,13,15H,7-11H2,1H3. The van der Waals surface area contributed by atoms with E-state index in [1.165, 1.54) is 0 Å². The highest BCUT2D eigenvalue weighted by molar-refractivity contribution is 5.76. The predicted octanol–water partition coefficient (Wildman–Crippen LogP) is 1.02. The van der Waals surface area contributed by atoms with E-state index >= 15 is 0 Å². The van der Waals surface area contributed by atoms with Gasteiger partial charge in [0.25, 0.3) is 0 Å². The van der Waals surface area contributed by atoms with Crippen LogP contribution in [0.4, 0.5) is 0 Å². The minimum Gasteiger partial charge on any atom is -0.378 e. The number of hydrogen-bond donors (Lipinski definition) is 1. The number of nitrogens with one attached hydrogen (secondary N) is 1. The molecule has 1 aromatic carbocycles. The third-order valence-corrected chi connectivity index (χ3v) is 3.11. The fourth-order valence-electron chi connectivity index (χ4n) is 2.06. The van der Waals surface area contributed by atoms with Gasteiger partial charge in [-0.05, 0) is 5.56 Å². The van der Waals surface area contributed by atoms with E-state index in [1.54, 1.807) is 4.90 Å². The maximum Gasteiger partial charge on any atom is 0.224 e. The van der Waals surface area contributed by atoms with Crippen molar-refractivity contribution < 1.29 is 9.53 Å². The lowest BCUT2D eigenvalue weighted by atomic mass is 10.1. The Labute approximate surface area is 108 Å². The van der Waals surface area contributed by atoms with Crippen molar-refractivity contribution >= 4 is 5.91 Å². The lowest BCUT2D eigenvalue weighted by molar-refractivity contribution is -0.131. The topological polar surface area (TPSA) is 41.6 Å². The summed E-state index contributed by atoms with van der Waals surface area (Å²) in [5.41, 5.74) is 1.15. The van der Waals surface area contributed by atoms with Crippen LogP contribution in [0.1, 0.15) is 12.0 Å². The van der Waals surface area contributed by atoms with Crippen molar-refractivity contribution in [2.75, 3.05) is 26.8 Å². The van der Waals surface area contributed by atoms with Gasteiger partial charge in [0.2, 0.25) is 5.91 Å². The van der Waals surface area contributed by atoms with Crippen molar-refractivity contribution in [3.8, 4) is 0 Å². The molecule has 0 saturated carbocycles. The van der Waals surface area contributed by atoms with Gasteiger partial charge in [-0.25, -0.2) is 0 Å². The Bertz CT molecular complexity index is 375. The number of nitrogens with zero attached hydrogens (tertiary/aromatic N) is 1. The van der Waals surface area contributed by atoms with Crippen molar-refractivity contribution in [2.24, 2.45) is 0 Å². The second kappa shape index (κ2) is 6.52. The molecule has 1 heterocycles. The Balaban J connectivity index is 1.81. The van der Waals surface area contributed by atoms with Gasteiger partial charge in [-0.2, -0.15) is 0 Å². The van der Waals surface area contributed by atoms with Crippen molar-refractivity contribution in [1.82, 2.24) is 10.2 Å². The number of rotatable bonds is 4. The van der Waals surface area contributed by atoms with Crippen LogP contribution in [-0.2, 0) is 16.1 Å². The third kappa shape index (κ3) is 3.82. The van der Waals surface area contributed by atoms with Gasteiger partial charge in [-0.3, -0.25) is 4.79 Å². The van der Waals surface area contributed by atoms with Crippen LogP contribution in [0.2, 0.25) is 0 Å².